The molecule has 0 unspecified atom stereocenters. The van der Waals surface area contributed by atoms with E-state index in [1.807, 2.05) is 0 Å². The average Bonchev–Trinajstić information content (AvgIpc) is 1.98. The van der Waals surface area contributed by atoms with E-state index in [4.69, 9.17) is 5.73 Å². The monoisotopic (exact) mass is 389 g/mol. The van der Waals surface area contributed by atoms with Gasteiger partial charge in [-0.2, -0.15) is 0 Å². The zero-order valence-corrected chi connectivity index (χ0v) is 11.2. The summed E-state index contributed by atoms with van der Waals surface area (Å²) in [4.78, 5) is -2.34. The second kappa shape index (κ2) is 3.19. The highest BCUT2D eigenvalue weighted by Gasteiger charge is 2.65. The van der Waals surface area contributed by atoms with Crippen LogP contribution in [-0.4, -0.2) is 4.99 Å². The van der Waals surface area contributed by atoms with Gasteiger partial charge in [0.05, 0.1) is 0 Å². The first-order chi connectivity index (χ1) is 6.79. The van der Waals surface area contributed by atoms with Crippen LogP contribution in [0.2, 0.25) is 0 Å². The zero-order chi connectivity index (χ0) is 12.8. The molecule has 1 nitrogen and oxygen atoms in total. The molecule has 1 aromatic rings. The van der Waals surface area contributed by atoms with Crippen molar-refractivity contribution >= 4 is 50.0 Å². The summed E-state index contributed by atoms with van der Waals surface area (Å²) in [6, 6.07) is 1.84. The summed E-state index contributed by atoms with van der Waals surface area (Å²) in [6.07, 6.45) is 0. The van der Waals surface area contributed by atoms with Crippen LogP contribution in [0.4, 0.5) is 19.4 Å². The molecule has 1 rings (SSSR count). The summed E-state index contributed by atoms with van der Waals surface area (Å²) < 4.78 is 62.4. The van der Waals surface area contributed by atoms with Crippen molar-refractivity contribution < 1.29 is 19.4 Å². The highest BCUT2D eigenvalue weighted by atomic mass is 127. The zero-order valence-electron chi connectivity index (χ0n) is 7.39. The lowest BCUT2D eigenvalue weighted by Gasteiger charge is -2.40. The van der Waals surface area contributed by atoms with Crippen LogP contribution in [-0.2, 0) is 0 Å². The summed E-state index contributed by atoms with van der Waals surface area (Å²) in [5.74, 6) is 0. The smallest absolute Gasteiger partial charge is 0.310 e. The Balaban J connectivity index is 3.56. The molecule has 0 atom stereocenters. The first-order valence-corrected chi connectivity index (χ1v) is 7.08. The van der Waals surface area contributed by atoms with Crippen LogP contribution in [0, 0.1) is 3.57 Å². The Bertz CT molecular complexity index is 469. The Labute approximate surface area is 107 Å². The number of rotatable bonds is 2. The first-order valence-electron chi connectivity index (χ1n) is 3.64. The third-order valence-corrected chi connectivity index (χ3v) is 3.59. The van der Waals surface area contributed by atoms with Gasteiger partial charge in [-0.05, 0) is 40.8 Å². The van der Waals surface area contributed by atoms with Crippen LogP contribution in [0.15, 0.2) is 23.1 Å². The molecule has 0 heterocycles. The van der Waals surface area contributed by atoms with Crippen molar-refractivity contribution in [3.8, 4) is 0 Å². The molecule has 0 bridgehead atoms. The van der Waals surface area contributed by atoms with Crippen LogP contribution in [0.5, 0.6) is 0 Å². The number of nitrogens with two attached hydrogens (primary N) is 1. The van der Waals surface area contributed by atoms with E-state index in [-0.39, 0.29) is 20.2 Å². The molecule has 0 amide bonds. The van der Waals surface area contributed by atoms with Crippen LogP contribution in [0.25, 0.3) is 0 Å². The topological polar surface area (TPSA) is 26.0 Å². The fourth-order valence-corrected chi connectivity index (χ4v) is 2.63. The summed E-state index contributed by atoms with van der Waals surface area (Å²) in [7, 11) is -9.67. The van der Waals surface area contributed by atoms with Gasteiger partial charge >= 0.3 is 10.2 Å². The molecule has 0 spiro atoms. The number of benzene rings is 1. The van der Waals surface area contributed by atoms with Gasteiger partial charge in [-0.15, -0.1) is 0 Å². The van der Waals surface area contributed by atoms with Crippen LogP contribution in [0.3, 0.4) is 0 Å². The molecule has 2 N–H and O–H groups in total. The Morgan fingerprint density at radius 3 is 2.00 bits per heavy atom. The Morgan fingerprint density at radius 1 is 1.12 bits per heavy atom. The van der Waals surface area contributed by atoms with E-state index in [0.29, 0.717) is 6.07 Å². The standard InChI is InChI=1S/C7H5F5INS2/c8-16(9,10,11,12)6-2-4(7(14)15)1-5(13)3-6/h1-3H,(H2,14,15). The molecule has 16 heavy (non-hydrogen) atoms. The Kier molecular flexibility index (Phi) is 2.77. The fraction of sp³-hybridized carbons (Fsp3) is 0. The van der Waals surface area contributed by atoms with E-state index in [0.717, 1.165) is 0 Å². The van der Waals surface area contributed by atoms with E-state index >= 15 is 0 Å². The largest absolute Gasteiger partial charge is 0.389 e. The van der Waals surface area contributed by atoms with Gasteiger partial charge in [0.15, 0.2) is 0 Å². The maximum atomic E-state index is 12.5. The SMILES string of the molecule is NC(=S)c1cc(I)cc(S(F)(F)(F)(F)F)c1. The normalized spacial score (nSPS) is 16.4. The summed E-state index contributed by atoms with van der Waals surface area (Å²) >= 11 is 5.94. The second-order valence-corrected chi connectivity index (χ2v) is 7.10. The molecule has 0 aromatic heterocycles. The van der Waals surface area contributed by atoms with E-state index < -0.39 is 15.1 Å². The highest BCUT2D eigenvalue weighted by molar-refractivity contribution is 14.1. The first kappa shape index (κ1) is 13.9. The van der Waals surface area contributed by atoms with Gasteiger partial charge < -0.3 is 5.73 Å². The number of thiocarbonyl (C=S) groups is 1. The maximum Gasteiger partial charge on any atom is 0.310 e. The van der Waals surface area contributed by atoms with Crippen LogP contribution >= 0.6 is 45.0 Å². The van der Waals surface area contributed by atoms with E-state index in [1.54, 1.807) is 0 Å². The molecule has 0 aliphatic rings. The van der Waals surface area contributed by atoms with Gasteiger partial charge in [-0.3, -0.25) is 0 Å². The van der Waals surface area contributed by atoms with Crippen molar-refractivity contribution in [2.75, 3.05) is 0 Å². The lowest BCUT2D eigenvalue weighted by atomic mass is 10.2. The second-order valence-electron chi connectivity index (χ2n) is 3.01. The minimum absolute atomic E-state index is 0.00819. The molecule has 9 heteroatoms. The van der Waals surface area contributed by atoms with Gasteiger partial charge in [0.25, 0.3) is 0 Å². The lowest BCUT2D eigenvalue weighted by Crippen LogP contribution is -2.13. The summed E-state index contributed by atoms with van der Waals surface area (Å²) in [6.45, 7) is 0. The third kappa shape index (κ3) is 3.42. The minimum Gasteiger partial charge on any atom is -0.389 e. The summed E-state index contributed by atoms with van der Waals surface area (Å²) in [5, 5.41) is 0. The minimum atomic E-state index is -9.67. The van der Waals surface area contributed by atoms with Crippen molar-refractivity contribution in [3.63, 3.8) is 0 Å². The number of hydrogen-bond acceptors (Lipinski definition) is 1. The van der Waals surface area contributed by atoms with Gasteiger partial charge in [-0.25, -0.2) is 0 Å². The van der Waals surface area contributed by atoms with Crippen molar-refractivity contribution in [1.82, 2.24) is 0 Å². The average molecular weight is 389 g/mol. The molecular weight excluding hydrogens is 384 g/mol. The Morgan fingerprint density at radius 2 is 1.62 bits per heavy atom. The molecule has 0 aliphatic carbocycles. The van der Waals surface area contributed by atoms with Gasteiger partial charge in [0.1, 0.15) is 9.88 Å². The van der Waals surface area contributed by atoms with Gasteiger partial charge in [0.2, 0.25) is 0 Å². The van der Waals surface area contributed by atoms with Crippen molar-refractivity contribution in [2.45, 2.75) is 4.90 Å². The fourth-order valence-electron chi connectivity index (χ4n) is 0.928. The van der Waals surface area contributed by atoms with E-state index in [2.05, 4.69) is 12.2 Å². The Hall–Kier alpha value is -0.160. The molecule has 0 radical (unpaired) electrons. The van der Waals surface area contributed by atoms with Crippen molar-refractivity contribution in [2.24, 2.45) is 5.73 Å². The molecular formula is C7H5F5INS2. The van der Waals surface area contributed by atoms with Gasteiger partial charge in [-0.1, -0.05) is 31.6 Å². The molecule has 0 aliphatic heterocycles. The van der Waals surface area contributed by atoms with Crippen molar-refractivity contribution in [1.29, 1.82) is 0 Å². The quantitative estimate of drug-likeness (QED) is 0.455. The van der Waals surface area contributed by atoms with Crippen LogP contribution < -0.4 is 5.73 Å². The summed E-state index contributed by atoms with van der Waals surface area (Å²) in [5.41, 5.74) is 4.88. The molecule has 92 valence electrons. The third-order valence-electron chi connectivity index (χ3n) is 1.60. The number of hydrogen-bond donors (Lipinski definition) is 1. The van der Waals surface area contributed by atoms with E-state index in [9.17, 15) is 19.4 Å². The number of halogens is 6. The predicted molar refractivity (Wildman–Crippen MR) is 66.4 cm³/mol. The molecule has 0 fully saturated rings. The molecule has 0 saturated carbocycles. The maximum absolute atomic E-state index is 12.5. The van der Waals surface area contributed by atoms with Crippen LogP contribution in [0.1, 0.15) is 5.56 Å². The van der Waals surface area contributed by atoms with Gasteiger partial charge in [0, 0.05) is 9.13 Å². The lowest BCUT2D eigenvalue weighted by molar-refractivity contribution is 0.364. The predicted octanol–water partition coefficient (Wildman–Crippen LogP) is 4.58. The molecule has 0 saturated heterocycles. The van der Waals surface area contributed by atoms with E-state index in [1.165, 1.54) is 28.7 Å². The molecule has 1 aromatic carbocycles. The highest BCUT2D eigenvalue weighted by Crippen LogP contribution is 3.02. The van der Waals surface area contributed by atoms with Crippen molar-refractivity contribution in [3.05, 3.63) is 27.3 Å².